The van der Waals surface area contributed by atoms with Crippen molar-refractivity contribution in [2.24, 2.45) is 5.10 Å². The Labute approximate surface area is 182 Å². The minimum Gasteiger partial charge on any atom is -0.495 e. The van der Waals surface area contributed by atoms with Crippen LogP contribution in [0.4, 0.5) is 17.1 Å². The number of hydrazone groups is 1. The van der Waals surface area contributed by atoms with Crippen molar-refractivity contribution >= 4 is 29.2 Å². The van der Waals surface area contributed by atoms with Gasteiger partial charge in [0.1, 0.15) is 5.75 Å². The third-order valence-corrected chi connectivity index (χ3v) is 4.67. The summed E-state index contributed by atoms with van der Waals surface area (Å²) >= 11 is 0. The second-order valence-corrected chi connectivity index (χ2v) is 6.78. The smallest absolute Gasteiger partial charge is 0.270 e. The van der Waals surface area contributed by atoms with Crippen LogP contribution in [0.2, 0.25) is 0 Å². The predicted octanol–water partition coefficient (Wildman–Crippen LogP) is 3.79. The molecular formula is C22H29N5O4. The summed E-state index contributed by atoms with van der Waals surface area (Å²) in [5.41, 5.74) is 4.53. The number of ether oxygens (including phenoxy) is 1. The molecule has 0 aliphatic carbocycles. The molecule has 166 valence electrons. The Kier molecular flexibility index (Phi) is 9.28. The van der Waals surface area contributed by atoms with Crippen LogP contribution in [0.5, 0.6) is 5.75 Å². The third kappa shape index (κ3) is 6.98. The zero-order valence-electron chi connectivity index (χ0n) is 18.1. The maximum absolute atomic E-state index is 12.2. The van der Waals surface area contributed by atoms with Crippen molar-refractivity contribution in [1.82, 2.24) is 5.43 Å². The summed E-state index contributed by atoms with van der Waals surface area (Å²) in [6, 6.07) is 11.9. The number of nitro groups is 1. The van der Waals surface area contributed by atoms with E-state index in [9.17, 15) is 14.9 Å². The molecule has 31 heavy (non-hydrogen) atoms. The Morgan fingerprint density at radius 1 is 1.26 bits per heavy atom. The van der Waals surface area contributed by atoms with E-state index in [1.165, 1.54) is 18.3 Å². The molecule has 0 aliphatic rings. The first-order valence-corrected chi connectivity index (χ1v) is 10.2. The highest BCUT2D eigenvalue weighted by Gasteiger charge is 2.14. The van der Waals surface area contributed by atoms with Crippen molar-refractivity contribution in [2.45, 2.75) is 26.7 Å². The van der Waals surface area contributed by atoms with Gasteiger partial charge in [-0.2, -0.15) is 5.10 Å². The normalized spacial score (nSPS) is 10.7. The van der Waals surface area contributed by atoms with Crippen LogP contribution in [0, 0.1) is 10.1 Å². The lowest BCUT2D eigenvalue weighted by Gasteiger charge is -2.24. The van der Waals surface area contributed by atoms with Crippen molar-refractivity contribution in [3.8, 4) is 5.75 Å². The number of nitrogens with one attached hydrogen (secondary N) is 2. The highest BCUT2D eigenvalue weighted by atomic mass is 16.6. The van der Waals surface area contributed by atoms with Gasteiger partial charge < -0.3 is 15.0 Å². The van der Waals surface area contributed by atoms with Crippen LogP contribution in [0.25, 0.3) is 0 Å². The monoisotopic (exact) mass is 427 g/mol. The van der Waals surface area contributed by atoms with Gasteiger partial charge >= 0.3 is 0 Å². The molecule has 0 bridgehead atoms. The molecule has 0 fully saturated rings. The maximum Gasteiger partial charge on any atom is 0.270 e. The fourth-order valence-corrected chi connectivity index (χ4v) is 3.02. The highest BCUT2D eigenvalue weighted by Crippen LogP contribution is 2.25. The number of carbonyl (C=O) groups excluding carboxylic acids is 1. The number of unbranched alkanes of at least 4 members (excludes halogenated alkanes) is 1. The van der Waals surface area contributed by atoms with Crippen molar-refractivity contribution < 1.29 is 14.5 Å². The summed E-state index contributed by atoms with van der Waals surface area (Å²) in [5, 5.41) is 18.2. The Morgan fingerprint density at radius 2 is 2.03 bits per heavy atom. The number of carbonyl (C=O) groups is 1. The largest absolute Gasteiger partial charge is 0.495 e. The standard InChI is InChI=1S/C22H29N5O4/c1-4-6-13-26(5-2)20-12-11-18(27(29)30)14-17(20)15-24-25-22(28)16-23-19-9-7-8-10-21(19)31-3/h7-12,14-15,23H,4-6,13,16H2,1-3H3,(H,25,28). The van der Waals surface area contributed by atoms with E-state index >= 15 is 0 Å². The molecule has 1 amide bonds. The molecule has 0 atom stereocenters. The molecule has 0 radical (unpaired) electrons. The third-order valence-electron chi connectivity index (χ3n) is 4.67. The maximum atomic E-state index is 12.2. The molecule has 0 heterocycles. The van der Waals surface area contributed by atoms with Gasteiger partial charge in [0, 0.05) is 36.5 Å². The summed E-state index contributed by atoms with van der Waals surface area (Å²) in [5.74, 6) is 0.277. The molecule has 9 heteroatoms. The number of hydrogen-bond acceptors (Lipinski definition) is 7. The van der Waals surface area contributed by atoms with Crippen molar-refractivity contribution in [2.75, 3.05) is 37.0 Å². The van der Waals surface area contributed by atoms with Crippen LogP contribution in [-0.4, -0.2) is 43.8 Å². The van der Waals surface area contributed by atoms with Crippen molar-refractivity contribution in [3.63, 3.8) is 0 Å². The first-order chi connectivity index (χ1) is 15.0. The second-order valence-electron chi connectivity index (χ2n) is 6.78. The lowest BCUT2D eigenvalue weighted by Crippen LogP contribution is -2.27. The van der Waals surface area contributed by atoms with Gasteiger partial charge in [0.2, 0.25) is 0 Å². The van der Waals surface area contributed by atoms with Gasteiger partial charge in [0.25, 0.3) is 11.6 Å². The average molecular weight is 428 g/mol. The number of benzene rings is 2. The lowest BCUT2D eigenvalue weighted by atomic mass is 10.1. The molecule has 2 N–H and O–H groups in total. The van der Waals surface area contributed by atoms with E-state index in [-0.39, 0.29) is 18.1 Å². The van der Waals surface area contributed by atoms with Gasteiger partial charge in [-0.05, 0) is 31.5 Å². The van der Waals surface area contributed by atoms with Gasteiger partial charge in [0.05, 0.1) is 30.5 Å². The van der Waals surface area contributed by atoms with Gasteiger partial charge in [0.15, 0.2) is 0 Å². The van der Waals surface area contributed by atoms with E-state index in [1.807, 2.05) is 19.1 Å². The molecule has 0 spiro atoms. The van der Waals surface area contributed by atoms with Gasteiger partial charge in [-0.1, -0.05) is 25.5 Å². The summed E-state index contributed by atoms with van der Waals surface area (Å²) < 4.78 is 5.24. The minimum absolute atomic E-state index is 0.00288. The van der Waals surface area contributed by atoms with Crippen LogP contribution >= 0.6 is 0 Å². The van der Waals surface area contributed by atoms with Crippen molar-refractivity contribution in [1.29, 1.82) is 0 Å². The van der Waals surface area contributed by atoms with Gasteiger partial charge in [-0.3, -0.25) is 14.9 Å². The van der Waals surface area contributed by atoms with E-state index in [0.29, 0.717) is 17.0 Å². The zero-order chi connectivity index (χ0) is 22.6. The lowest BCUT2D eigenvalue weighted by molar-refractivity contribution is -0.384. The molecule has 0 saturated carbocycles. The van der Waals surface area contributed by atoms with Gasteiger partial charge in [-0.25, -0.2) is 5.43 Å². The summed E-state index contributed by atoms with van der Waals surface area (Å²) in [7, 11) is 1.56. The molecule has 0 unspecified atom stereocenters. The van der Waals surface area contributed by atoms with Crippen molar-refractivity contribution in [3.05, 3.63) is 58.1 Å². The molecular weight excluding hydrogens is 398 g/mol. The van der Waals surface area contributed by atoms with E-state index in [0.717, 1.165) is 31.6 Å². The van der Waals surface area contributed by atoms with E-state index in [1.54, 1.807) is 25.3 Å². The quantitative estimate of drug-likeness (QED) is 0.303. The fourth-order valence-electron chi connectivity index (χ4n) is 3.02. The number of rotatable bonds is 12. The topological polar surface area (TPSA) is 109 Å². The van der Waals surface area contributed by atoms with Crippen LogP contribution in [0.1, 0.15) is 32.3 Å². The van der Waals surface area contributed by atoms with Crippen LogP contribution in [-0.2, 0) is 4.79 Å². The number of para-hydroxylation sites is 2. The average Bonchev–Trinajstić information content (AvgIpc) is 2.78. The summed E-state index contributed by atoms with van der Waals surface area (Å²) in [6.07, 6.45) is 3.49. The molecule has 0 aliphatic heterocycles. The molecule has 2 aromatic carbocycles. The number of methoxy groups -OCH3 is 1. The van der Waals surface area contributed by atoms with E-state index in [4.69, 9.17) is 4.74 Å². The van der Waals surface area contributed by atoms with Crippen LogP contribution < -0.4 is 20.4 Å². The number of anilines is 2. The molecule has 0 saturated heterocycles. The SMILES string of the molecule is CCCCN(CC)c1ccc([N+](=O)[O-])cc1C=NNC(=O)CNc1ccccc1OC. The Hall–Kier alpha value is -3.62. The molecule has 9 nitrogen and oxygen atoms in total. The Bertz CT molecular complexity index is 917. The van der Waals surface area contributed by atoms with E-state index in [2.05, 4.69) is 27.7 Å². The van der Waals surface area contributed by atoms with Crippen LogP contribution in [0.15, 0.2) is 47.6 Å². The molecule has 2 aromatic rings. The van der Waals surface area contributed by atoms with Crippen LogP contribution in [0.3, 0.4) is 0 Å². The summed E-state index contributed by atoms with van der Waals surface area (Å²) in [4.78, 5) is 25.0. The highest BCUT2D eigenvalue weighted by molar-refractivity contribution is 5.90. The second kappa shape index (κ2) is 12.2. The molecule has 0 aromatic heterocycles. The van der Waals surface area contributed by atoms with E-state index < -0.39 is 4.92 Å². The predicted molar refractivity (Wildman–Crippen MR) is 123 cm³/mol. The number of nitro benzene ring substituents is 1. The minimum atomic E-state index is -0.445. The molecule has 2 rings (SSSR count). The zero-order valence-corrected chi connectivity index (χ0v) is 18.1. The first kappa shape index (κ1) is 23.7. The first-order valence-electron chi connectivity index (χ1n) is 10.2. The Balaban J connectivity index is 2.09. The number of amides is 1. The number of non-ortho nitro benzene ring substituents is 1. The fraction of sp³-hybridized carbons (Fsp3) is 0.364. The summed E-state index contributed by atoms with van der Waals surface area (Å²) in [6.45, 7) is 5.73. The van der Waals surface area contributed by atoms with Gasteiger partial charge in [-0.15, -0.1) is 0 Å². The Morgan fingerprint density at radius 3 is 2.71 bits per heavy atom. The number of hydrogen-bond donors (Lipinski definition) is 2. The number of nitrogens with zero attached hydrogens (tertiary/aromatic N) is 3.